The van der Waals surface area contributed by atoms with Crippen LogP contribution in [-0.4, -0.2) is 26.5 Å². The van der Waals surface area contributed by atoms with Gasteiger partial charge in [-0.1, -0.05) is 19.3 Å². The van der Waals surface area contributed by atoms with Crippen molar-refractivity contribution in [3.63, 3.8) is 0 Å². The van der Waals surface area contributed by atoms with E-state index in [0.717, 1.165) is 38.4 Å². The highest BCUT2D eigenvalue weighted by Crippen LogP contribution is 2.37. The van der Waals surface area contributed by atoms with Crippen molar-refractivity contribution in [3.05, 3.63) is 24.0 Å². The van der Waals surface area contributed by atoms with Crippen molar-refractivity contribution in [2.75, 3.05) is 11.6 Å². The van der Waals surface area contributed by atoms with Crippen LogP contribution in [0.4, 0.5) is 10.5 Å². The van der Waals surface area contributed by atoms with E-state index in [4.69, 9.17) is 14.3 Å². The fourth-order valence-corrected chi connectivity index (χ4v) is 3.73. The second-order valence-electron chi connectivity index (χ2n) is 6.44. The minimum atomic E-state index is -3.70. The standard InChI is InChI=1S/C17H20N2O6S/c1-26(22,23)25-11-7-8-12-13(9-11)24-16(14(12)19-17(18)21)15(20)10-5-3-2-4-6-10/h7-10H,2-6H2,1H3,(H3,18,19,21). The van der Waals surface area contributed by atoms with Gasteiger partial charge in [0.05, 0.1) is 6.26 Å². The van der Waals surface area contributed by atoms with Gasteiger partial charge in [0.15, 0.2) is 5.76 Å². The van der Waals surface area contributed by atoms with Crippen LogP contribution in [0.15, 0.2) is 22.6 Å². The predicted octanol–water partition coefficient (Wildman–Crippen LogP) is 3.02. The normalized spacial score (nSPS) is 15.7. The molecule has 1 aromatic carbocycles. The number of primary amides is 1. The van der Waals surface area contributed by atoms with Gasteiger partial charge in [-0.05, 0) is 25.0 Å². The largest absolute Gasteiger partial charge is 0.451 e. The summed E-state index contributed by atoms with van der Waals surface area (Å²) in [6.07, 6.45) is 5.52. The SMILES string of the molecule is CS(=O)(=O)Oc1ccc2c(NC(N)=O)c(C(=O)C3CCCCC3)oc2c1. The van der Waals surface area contributed by atoms with Gasteiger partial charge in [-0.25, -0.2) is 4.79 Å². The number of fused-ring (bicyclic) bond motifs is 1. The lowest BCUT2D eigenvalue weighted by Gasteiger charge is -2.19. The molecular weight excluding hydrogens is 360 g/mol. The molecule has 1 aromatic heterocycles. The molecule has 0 unspecified atom stereocenters. The summed E-state index contributed by atoms with van der Waals surface area (Å²) in [5, 5.41) is 2.90. The number of hydrogen-bond donors (Lipinski definition) is 2. The Morgan fingerprint density at radius 3 is 2.54 bits per heavy atom. The molecular formula is C17H20N2O6S. The molecule has 1 fully saturated rings. The van der Waals surface area contributed by atoms with E-state index in [0.29, 0.717) is 5.39 Å². The number of carbonyl (C=O) groups excluding carboxylic acids is 2. The maximum atomic E-state index is 12.9. The molecule has 26 heavy (non-hydrogen) atoms. The Hall–Kier alpha value is -2.55. The fraction of sp³-hybridized carbons (Fsp3) is 0.412. The van der Waals surface area contributed by atoms with Gasteiger partial charge in [-0.15, -0.1) is 0 Å². The molecule has 1 heterocycles. The molecule has 8 nitrogen and oxygen atoms in total. The van der Waals surface area contributed by atoms with Crippen LogP contribution < -0.4 is 15.2 Å². The molecule has 140 valence electrons. The van der Waals surface area contributed by atoms with Crippen LogP contribution >= 0.6 is 0 Å². The highest BCUT2D eigenvalue weighted by atomic mass is 32.2. The van der Waals surface area contributed by atoms with Crippen LogP contribution in [0.25, 0.3) is 11.0 Å². The Bertz CT molecular complexity index is 957. The second-order valence-corrected chi connectivity index (χ2v) is 8.01. The first-order valence-electron chi connectivity index (χ1n) is 8.31. The first-order chi connectivity index (χ1) is 12.2. The number of furan rings is 1. The predicted molar refractivity (Wildman–Crippen MR) is 95.8 cm³/mol. The zero-order chi connectivity index (χ0) is 18.9. The van der Waals surface area contributed by atoms with E-state index in [9.17, 15) is 18.0 Å². The molecule has 3 N–H and O–H groups in total. The first-order valence-corrected chi connectivity index (χ1v) is 10.1. The highest BCUT2D eigenvalue weighted by molar-refractivity contribution is 7.86. The van der Waals surface area contributed by atoms with Crippen molar-refractivity contribution >= 4 is 38.6 Å². The van der Waals surface area contributed by atoms with Crippen molar-refractivity contribution in [1.82, 2.24) is 0 Å². The summed E-state index contributed by atoms with van der Waals surface area (Å²) in [5.41, 5.74) is 5.66. The second kappa shape index (κ2) is 6.99. The topological polar surface area (TPSA) is 129 Å². The Kier molecular flexibility index (Phi) is 4.90. The zero-order valence-corrected chi connectivity index (χ0v) is 15.1. The first kappa shape index (κ1) is 18.2. The lowest BCUT2D eigenvalue weighted by molar-refractivity contribution is 0.0864. The maximum absolute atomic E-state index is 12.9. The summed E-state index contributed by atoms with van der Waals surface area (Å²) < 4.78 is 33.1. The van der Waals surface area contributed by atoms with E-state index in [1.165, 1.54) is 18.2 Å². The number of hydrogen-bond acceptors (Lipinski definition) is 6. The van der Waals surface area contributed by atoms with Gasteiger partial charge >= 0.3 is 16.1 Å². The number of Topliss-reactive ketones (excluding diaryl/α,β-unsaturated/α-hetero) is 1. The molecule has 0 spiro atoms. The molecule has 2 aromatic rings. The Balaban J connectivity index is 2.05. The van der Waals surface area contributed by atoms with E-state index < -0.39 is 16.1 Å². The third-order valence-electron chi connectivity index (χ3n) is 4.36. The van der Waals surface area contributed by atoms with Gasteiger partial charge in [0.25, 0.3) is 0 Å². The highest BCUT2D eigenvalue weighted by Gasteiger charge is 2.29. The maximum Gasteiger partial charge on any atom is 0.316 e. The van der Waals surface area contributed by atoms with Crippen molar-refractivity contribution in [1.29, 1.82) is 0 Å². The molecule has 0 saturated heterocycles. The van der Waals surface area contributed by atoms with Crippen LogP contribution in [-0.2, 0) is 10.1 Å². The van der Waals surface area contributed by atoms with Gasteiger partial charge in [-0.3, -0.25) is 4.79 Å². The van der Waals surface area contributed by atoms with E-state index in [2.05, 4.69) is 5.32 Å². The van der Waals surface area contributed by atoms with Crippen LogP contribution in [0.1, 0.15) is 42.7 Å². The summed E-state index contributed by atoms with van der Waals surface area (Å²) >= 11 is 0. The van der Waals surface area contributed by atoms with E-state index in [-0.39, 0.29) is 34.5 Å². The molecule has 9 heteroatoms. The molecule has 2 amide bonds. The molecule has 1 saturated carbocycles. The average molecular weight is 380 g/mol. The number of benzene rings is 1. The smallest absolute Gasteiger partial charge is 0.316 e. The van der Waals surface area contributed by atoms with E-state index >= 15 is 0 Å². The monoisotopic (exact) mass is 380 g/mol. The Labute approximate surface area is 150 Å². The third kappa shape index (κ3) is 3.98. The average Bonchev–Trinajstić information content (AvgIpc) is 2.90. The quantitative estimate of drug-likeness (QED) is 0.606. The molecule has 0 atom stereocenters. The number of carbonyl (C=O) groups is 2. The summed E-state index contributed by atoms with van der Waals surface area (Å²) in [6, 6.07) is 3.48. The van der Waals surface area contributed by atoms with Crippen molar-refractivity contribution in [2.45, 2.75) is 32.1 Å². The van der Waals surface area contributed by atoms with Crippen molar-refractivity contribution < 1.29 is 26.6 Å². The van der Waals surface area contributed by atoms with Crippen LogP contribution in [0, 0.1) is 5.92 Å². The number of ketones is 1. The summed E-state index contributed by atoms with van der Waals surface area (Å²) in [7, 11) is -3.70. The molecule has 1 aliphatic rings. The van der Waals surface area contributed by atoms with Gasteiger partial charge < -0.3 is 19.7 Å². The third-order valence-corrected chi connectivity index (χ3v) is 4.85. The molecule has 0 aliphatic heterocycles. The minimum Gasteiger partial charge on any atom is -0.451 e. The molecule has 0 radical (unpaired) electrons. The Morgan fingerprint density at radius 1 is 1.23 bits per heavy atom. The summed E-state index contributed by atoms with van der Waals surface area (Å²) in [6.45, 7) is 0. The van der Waals surface area contributed by atoms with Gasteiger partial charge in [0, 0.05) is 17.4 Å². The fourth-order valence-electron chi connectivity index (χ4n) is 3.27. The zero-order valence-electron chi connectivity index (χ0n) is 14.3. The van der Waals surface area contributed by atoms with Crippen molar-refractivity contribution in [3.8, 4) is 5.75 Å². The number of nitrogens with one attached hydrogen (secondary N) is 1. The van der Waals surface area contributed by atoms with Crippen molar-refractivity contribution in [2.24, 2.45) is 11.7 Å². The number of amides is 2. The van der Waals surface area contributed by atoms with Crippen LogP contribution in [0.3, 0.4) is 0 Å². The van der Waals surface area contributed by atoms with E-state index in [1.807, 2.05) is 0 Å². The summed E-state index contributed by atoms with van der Waals surface area (Å²) in [5.74, 6) is -0.266. The lowest BCUT2D eigenvalue weighted by atomic mass is 9.85. The van der Waals surface area contributed by atoms with E-state index in [1.54, 1.807) is 0 Å². The van der Waals surface area contributed by atoms with Gasteiger partial charge in [-0.2, -0.15) is 8.42 Å². The lowest BCUT2D eigenvalue weighted by Crippen LogP contribution is -2.22. The minimum absolute atomic E-state index is 0.0298. The van der Waals surface area contributed by atoms with Gasteiger partial charge in [0.2, 0.25) is 5.78 Å². The number of anilines is 1. The Morgan fingerprint density at radius 2 is 1.92 bits per heavy atom. The number of nitrogens with two attached hydrogens (primary N) is 1. The van der Waals surface area contributed by atoms with Gasteiger partial charge in [0.1, 0.15) is 17.0 Å². The number of rotatable bonds is 5. The van der Waals surface area contributed by atoms with Crippen LogP contribution in [0.2, 0.25) is 0 Å². The number of urea groups is 1. The molecule has 1 aliphatic carbocycles. The van der Waals surface area contributed by atoms with Crippen LogP contribution in [0.5, 0.6) is 5.75 Å². The summed E-state index contributed by atoms with van der Waals surface area (Å²) in [4.78, 5) is 24.2. The molecule has 0 bridgehead atoms. The molecule has 3 rings (SSSR count).